The minimum Gasteiger partial charge on any atom is -0.303 e. The lowest BCUT2D eigenvalue weighted by Gasteiger charge is -2.16. The van der Waals surface area contributed by atoms with Gasteiger partial charge in [-0.3, -0.25) is 4.99 Å². The number of hydrazine groups is 1. The van der Waals surface area contributed by atoms with E-state index in [2.05, 4.69) is 29.5 Å². The first-order valence-electron chi connectivity index (χ1n) is 5.28. The fraction of sp³-hybridized carbons (Fsp3) is 0.417. The van der Waals surface area contributed by atoms with Gasteiger partial charge in [-0.05, 0) is 6.42 Å². The third-order valence-electron chi connectivity index (χ3n) is 1.87. The van der Waals surface area contributed by atoms with Crippen molar-refractivity contribution < 1.29 is 0 Å². The number of nitrogens with zero attached hydrogens (tertiary/aromatic N) is 2. The Morgan fingerprint density at radius 1 is 1.27 bits per heavy atom. The Morgan fingerprint density at radius 3 is 2.47 bits per heavy atom. The Hall–Kier alpha value is -1.35. The van der Waals surface area contributed by atoms with Crippen LogP contribution < -0.4 is 5.43 Å². The second kappa shape index (κ2) is 6.19. The fourth-order valence-corrected chi connectivity index (χ4v) is 1.22. The summed E-state index contributed by atoms with van der Waals surface area (Å²) in [7, 11) is 3.93. The van der Waals surface area contributed by atoms with Gasteiger partial charge in [0.25, 0.3) is 0 Å². The van der Waals surface area contributed by atoms with Crippen LogP contribution in [0.1, 0.15) is 18.9 Å². The van der Waals surface area contributed by atoms with E-state index in [0.717, 1.165) is 24.4 Å². The van der Waals surface area contributed by atoms with E-state index in [1.54, 1.807) is 0 Å². The zero-order valence-corrected chi connectivity index (χ0v) is 9.70. The first-order chi connectivity index (χ1) is 7.24. The van der Waals surface area contributed by atoms with E-state index in [9.17, 15) is 0 Å². The molecule has 0 saturated heterocycles. The van der Waals surface area contributed by atoms with Crippen molar-refractivity contribution in [1.29, 1.82) is 0 Å². The molecular weight excluding hydrogens is 186 g/mol. The molecule has 0 aliphatic rings. The van der Waals surface area contributed by atoms with E-state index < -0.39 is 0 Å². The Morgan fingerprint density at radius 2 is 1.93 bits per heavy atom. The highest BCUT2D eigenvalue weighted by molar-refractivity contribution is 5.98. The lowest BCUT2D eigenvalue weighted by molar-refractivity contribution is 0.362. The molecule has 3 nitrogen and oxygen atoms in total. The third kappa shape index (κ3) is 4.13. The summed E-state index contributed by atoms with van der Waals surface area (Å²) in [6.07, 6.45) is 1.06. The third-order valence-corrected chi connectivity index (χ3v) is 1.87. The summed E-state index contributed by atoms with van der Waals surface area (Å²) in [5, 5.41) is 1.90. The van der Waals surface area contributed by atoms with Crippen LogP contribution in [-0.4, -0.2) is 31.5 Å². The van der Waals surface area contributed by atoms with E-state index in [4.69, 9.17) is 0 Å². The largest absolute Gasteiger partial charge is 0.303 e. The summed E-state index contributed by atoms with van der Waals surface area (Å²) in [4.78, 5) is 4.52. The van der Waals surface area contributed by atoms with Crippen LogP contribution in [0.2, 0.25) is 0 Å². The molecule has 0 heterocycles. The molecule has 1 aromatic carbocycles. The van der Waals surface area contributed by atoms with Crippen LogP contribution >= 0.6 is 0 Å². The molecule has 0 aromatic heterocycles. The minimum atomic E-state index is 0.852. The number of benzene rings is 1. The Kier molecular flexibility index (Phi) is 4.84. The van der Waals surface area contributed by atoms with Gasteiger partial charge in [0.05, 0.1) is 0 Å². The van der Waals surface area contributed by atoms with Crippen LogP contribution in [0.15, 0.2) is 35.3 Å². The van der Waals surface area contributed by atoms with E-state index in [-0.39, 0.29) is 0 Å². The standard InChI is InChI=1S/C12H19N3/c1-4-10-13-12(14-15(2)3)11-8-6-5-7-9-11/h5-9H,4,10H2,1-3H3,(H,13,14). The van der Waals surface area contributed by atoms with Gasteiger partial charge >= 0.3 is 0 Å². The second-order valence-electron chi connectivity index (χ2n) is 3.60. The Balaban J connectivity index is 2.81. The highest BCUT2D eigenvalue weighted by atomic mass is 15.5. The number of rotatable bonds is 4. The normalized spacial score (nSPS) is 11.9. The van der Waals surface area contributed by atoms with Gasteiger partial charge in [-0.15, -0.1) is 0 Å². The van der Waals surface area contributed by atoms with Gasteiger partial charge in [-0.1, -0.05) is 37.3 Å². The monoisotopic (exact) mass is 205 g/mol. The predicted molar refractivity (Wildman–Crippen MR) is 65.0 cm³/mol. The van der Waals surface area contributed by atoms with E-state index in [1.807, 2.05) is 37.3 Å². The highest BCUT2D eigenvalue weighted by Gasteiger charge is 2.01. The smallest absolute Gasteiger partial charge is 0.142 e. The Labute approximate surface area is 91.8 Å². The maximum absolute atomic E-state index is 4.52. The van der Waals surface area contributed by atoms with Crippen molar-refractivity contribution in [2.75, 3.05) is 20.6 Å². The summed E-state index contributed by atoms with van der Waals surface area (Å²) in [5.74, 6) is 0.933. The highest BCUT2D eigenvalue weighted by Crippen LogP contribution is 2.00. The van der Waals surface area contributed by atoms with Gasteiger partial charge in [0.1, 0.15) is 5.84 Å². The van der Waals surface area contributed by atoms with Crippen LogP contribution in [0.5, 0.6) is 0 Å². The first kappa shape index (κ1) is 11.7. The van der Waals surface area contributed by atoms with Crippen LogP contribution in [0.4, 0.5) is 0 Å². The first-order valence-corrected chi connectivity index (χ1v) is 5.28. The molecule has 0 unspecified atom stereocenters. The number of amidine groups is 1. The lowest BCUT2D eigenvalue weighted by Crippen LogP contribution is -2.37. The zero-order valence-electron chi connectivity index (χ0n) is 9.70. The molecule has 0 saturated carbocycles. The van der Waals surface area contributed by atoms with E-state index >= 15 is 0 Å². The molecule has 0 fully saturated rings. The van der Waals surface area contributed by atoms with Crippen LogP contribution in [-0.2, 0) is 0 Å². The van der Waals surface area contributed by atoms with Crippen molar-refractivity contribution in [3.8, 4) is 0 Å². The van der Waals surface area contributed by atoms with Gasteiger partial charge in [0.15, 0.2) is 0 Å². The number of hydrogen-bond donors (Lipinski definition) is 1. The topological polar surface area (TPSA) is 27.6 Å². The minimum absolute atomic E-state index is 0.852. The van der Waals surface area contributed by atoms with Crippen molar-refractivity contribution in [3.63, 3.8) is 0 Å². The lowest BCUT2D eigenvalue weighted by atomic mass is 10.2. The molecule has 1 N–H and O–H groups in total. The fourth-order valence-electron chi connectivity index (χ4n) is 1.22. The van der Waals surface area contributed by atoms with Gasteiger partial charge in [-0.2, -0.15) is 0 Å². The van der Waals surface area contributed by atoms with Crippen molar-refractivity contribution in [2.24, 2.45) is 4.99 Å². The molecule has 0 aliphatic carbocycles. The maximum atomic E-state index is 4.52. The zero-order chi connectivity index (χ0) is 11.1. The van der Waals surface area contributed by atoms with Crippen molar-refractivity contribution in [3.05, 3.63) is 35.9 Å². The van der Waals surface area contributed by atoms with Gasteiger partial charge < -0.3 is 5.43 Å². The van der Waals surface area contributed by atoms with Crippen LogP contribution in [0.3, 0.4) is 0 Å². The van der Waals surface area contributed by atoms with Crippen molar-refractivity contribution in [1.82, 2.24) is 10.4 Å². The molecule has 1 rings (SSSR count). The second-order valence-corrected chi connectivity index (χ2v) is 3.60. The molecule has 1 aromatic rings. The summed E-state index contributed by atoms with van der Waals surface area (Å²) in [6.45, 7) is 2.98. The molecule has 0 spiro atoms. The van der Waals surface area contributed by atoms with Gasteiger partial charge in [-0.25, -0.2) is 5.01 Å². The molecular formula is C12H19N3. The average molecular weight is 205 g/mol. The Bertz CT molecular complexity index is 304. The molecule has 15 heavy (non-hydrogen) atoms. The maximum Gasteiger partial charge on any atom is 0.142 e. The van der Waals surface area contributed by atoms with E-state index in [1.165, 1.54) is 0 Å². The van der Waals surface area contributed by atoms with Gasteiger partial charge in [0.2, 0.25) is 0 Å². The average Bonchev–Trinajstić information content (AvgIpc) is 2.25. The predicted octanol–water partition coefficient (Wildman–Crippen LogP) is 1.91. The number of hydrogen-bond acceptors (Lipinski definition) is 2. The summed E-state index contributed by atoms with van der Waals surface area (Å²) >= 11 is 0. The van der Waals surface area contributed by atoms with Crippen molar-refractivity contribution >= 4 is 5.84 Å². The van der Waals surface area contributed by atoms with Crippen LogP contribution in [0.25, 0.3) is 0 Å². The van der Waals surface area contributed by atoms with Crippen molar-refractivity contribution in [2.45, 2.75) is 13.3 Å². The summed E-state index contributed by atoms with van der Waals surface area (Å²) < 4.78 is 0. The summed E-state index contributed by atoms with van der Waals surface area (Å²) in [6, 6.07) is 10.2. The molecule has 82 valence electrons. The number of nitrogens with one attached hydrogen (secondary N) is 1. The van der Waals surface area contributed by atoms with Crippen LogP contribution in [0, 0.1) is 0 Å². The summed E-state index contributed by atoms with van der Waals surface area (Å²) in [5.41, 5.74) is 4.34. The van der Waals surface area contributed by atoms with Gasteiger partial charge in [0, 0.05) is 26.2 Å². The van der Waals surface area contributed by atoms with E-state index in [0.29, 0.717) is 0 Å². The quantitative estimate of drug-likeness (QED) is 0.462. The number of aliphatic imine (C=N–C) groups is 1. The molecule has 3 heteroatoms. The molecule has 0 aliphatic heterocycles. The SMILES string of the molecule is CCCN=C(NN(C)C)c1ccccc1. The molecule has 0 bridgehead atoms. The molecule has 0 amide bonds. The molecule has 0 atom stereocenters. The molecule has 0 radical (unpaired) electrons.